The number of thiophene rings is 1. The van der Waals surface area contributed by atoms with E-state index in [2.05, 4.69) is 24.4 Å². The molecule has 6 heteroatoms. The third-order valence-corrected chi connectivity index (χ3v) is 5.35. The molecule has 19 heavy (non-hydrogen) atoms. The summed E-state index contributed by atoms with van der Waals surface area (Å²) in [6.07, 6.45) is 2.87. The molecule has 1 N–H and O–H groups in total. The number of amides is 1. The maximum atomic E-state index is 12.4. The second-order valence-electron chi connectivity index (χ2n) is 4.62. The lowest BCUT2D eigenvalue weighted by Crippen LogP contribution is -2.33. The van der Waals surface area contributed by atoms with E-state index >= 15 is 0 Å². The van der Waals surface area contributed by atoms with Crippen LogP contribution in [0.5, 0.6) is 0 Å². The highest BCUT2D eigenvalue weighted by Crippen LogP contribution is 2.30. The van der Waals surface area contributed by atoms with Crippen LogP contribution in [0.2, 0.25) is 0 Å². The number of thioether (sulfide) groups is 1. The van der Waals surface area contributed by atoms with E-state index in [0.29, 0.717) is 5.11 Å². The number of nitrogens with one attached hydrogen (secondary N) is 1. The monoisotopic (exact) mass is 314 g/mol. The average molecular weight is 315 g/mol. The Morgan fingerprint density at radius 1 is 1.58 bits per heavy atom. The van der Waals surface area contributed by atoms with Gasteiger partial charge in [-0.3, -0.25) is 9.69 Å². The summed E-state index contributed by atoms with van der Waals surface area (Å²) >= 11 is 8.79. The van der Waals surface area contributed by atoms with Crippen LogP contribution in [-0.4, -0.2) is 34.0 Å². The van der Waals surface area contributed by atoms with E-state index in [1.807, 2.05) is 13.2 Å². The highest BCUT2D eigenvalue weighted by Gasteiger charge is 2.38. The Morgan fingerprint density at radius 2 is 2.32 bits per heavy atom. The lowest BCUT2D eigenvalue weighted by atomic mass is 10.2. The number of rotatable bonds is 5. The molecule has 0 spiro atoms. The topological polar surface area (TPSA) is 32.3 Å². The van der Waals surface area contributed by atoms with Crippen LogP contribution in [0.1, 0.15) is 29.1 Å². The van der Waals surface area contributed by atoms with E-state index in [-0.39, 0.29) is 18.0 Å². The normalized spacial score (nSPS) is 20.8. The molecule has 1 aliphatic rings. The Bertz CT molecular complexity index is 486. The summed E-state index contributed by atoms with van der Waals surface area (Å²) < 4.78 is 0. The minimum absolute atomic E-state index is 0.0190. The van der Waals surface area contributed by atoms with Gasteiger partial charge in [-0.1, -0.05) is 0 Å². The van der Waals surface area contributed by atoms with E-state index in [1.165, 1.54) is 9.75 Å². The molecule has 0 radical (unpaired) electrons. The van der Waals surface area contributed by atoms with Crippen LogP contribution >= 0.6 is 35.3 Å². The van der Waals surface area contributed by atoms with Crippen LogP contribution in [0, 0.1) is 6.92 Å². The van der Waals surface area contributed by atoms with Gasteiger partial charge in [0.05, 0.1) is 6.04 Å². The zero-order valence-electron chi connectivity index (χ0n) is 11.3. The van der Waals surface area contributed by atoms with E-state index in [9.17, 15) is 4.79 Å². The fourth-order valence-electron chi connectivity index (χ4n) is 2.15. The number of aryl methyl sites for hydroxylation is 1. The molecule has 1 aliphatic heterocycles. The first-order chi connectivity index (χ1) is 9.04. The number of hydrogen-bond acceptors (Lipinski definition) is 4. The highest BCUT2D eigenvalue weighted by atomic mass is 32.2. The van der Waals surface area contributed by atoms with Crippen LogP contribution in [0.15, 0.2) is 12.1 Å². The van der Waals surface area contributed by atoms with Crippen molar-refractivity contribution in [3.05, 3.63) is 21.9 Å². The van der Waals surface area contributed by atoms with Crippen molar-refractivity contribution in [2.75, 3.05) is 12.0 Å². The maximum Gasteiger partial charge on any atom is 0.251 e. The fourth-order valence-corrected chi connectivity index (χ4v) is 3.93. The first-order valence-electron chi connectivity index (χ1n) is 6.23. The zero-order valence-corrected chi connectivity index (χ0v) is 13.8. The van der Waals surface area contributed by atoms with E-state index in [1.54, 1.807) is 28.0 Å². The number of nitrogens with zero attached hydrogens (tertiary/aromatic N) is 1. The molecule has 0 aliphatic carbocycles. The molecule has 1 aromatic heterocycles. The molecule has 1 aromatic rings. The van der Waals surface area contributed by atoms with Crippen LogP contribution in [-0.2, 0) is 4.79 Å². The van der Waals surface area contributed by atoms with E-state index in [4.69, 9.17) is 12.2 Å². The lowest BCUT2D eigenvalue weighted by Gasteiger charge is -2.22. The van der Waals surface area contributed by atoms with Gasteiger partial charge in [-0.15, -0.1) is 11.3 Å². The maximum absolute atomic E-state index is 12.4. The lowest BCUT2D eigenvalue weighted by molar-refractivity contribution is -0.128. The Morgan fingerprint density at radius 3 is 2.89 bits per heavy atom. The summed E-state index contributed by atoms with van der Waals surface area (Å²) in [7, 11) is 0. The van der Waals surface area contributed by atoms with Crippen LogP contribution in [0.3, 0.4) is 0 Å². The Kier molecular flexibility index (Phi) is 4.86. The molecule has 2 atom stereocenters. The predicted octanol–water partition coefficient (Wildman–Crippen LogP) is 2.96. The zero-order chi connectivity index (χ0) is 14.0. The third kappa shape index (κ3) is 3.12. The highest BCUT2D eigenvalue weighted by molar-refractivity contribution is 7.98. The van der Waals surface area contributed by atoms with E-state index in [0.717, 1.165) is 12.2 Å². The number of thiocarbonyl (C=S) groups is 1. The molecule has 0 unspecified atom stereocenters. The summed E-state index contributed by atoms with van der Waals surface area (Å²) in [6, 6.07) is 4.03. The van der Waals surface area contributed by atoms with Crippen molar-refractivity contribution in [3.8, 4) is 0 Å². The van der Waals surface area contributed by atoms with Gasteiger partial charge >= 0.3 is 0 Å². The van der Waals surface area contributed by atoms with Gasteiger partial charge in [0.2, 0.25) is 0 Å². The standard InChI is InChI=1S/C13H18N2OS3/c1-8-4-5-11(19-8)9(2)15-12(16)10(6-7-18-3)14-13(15)17/h4-5,9-10H,6-7H2,1-3H3,(H,14,17)/t9-,10-/m1/s1. The van der Waals surface area contributed by atoms with Crippen molar-refractivity contribution in [3.63, 3.8) is 0 Å². The van der Waals surface area contributed by atoms with Crippen LogP contribution in [0.25, 0.3) is 0 Å². The molecule has 1 amide bonds. The quantitative estimate of drug-likeness (QED) is 0.847. The van der Waals surface area contributed by atoms with Crippen molar-refractivity contribution >= 4 is 46.3 Å². The second kappa shape index (κ2) is 6.24. The van der Waals surface area contributed by atoms with E-state index < -0.39 is 0 Å². The van der Waals surface area contributed by atoms with Crippen molar-refractivity contribution in [1.29, 1.82) is 0 Å². The van der Waals surface area contributed by atoms with Crippen molar-refractivity contribution in [2.24, 2.45) is 0 Å². The SMILES string of the molecule is CSCC[C@H]1NC(=S)N([C@H](C)c2ccc(C)s2)C1=O. The molecular formula is C13H18N2OS3. The molecule has 0 saturated carbocycles. The van der Waals surface area contributed by atoms with Crippen molar-refractivity contribution in [1.82, 2.24) is 10.2 Å². The van der Waals surface area contributed by atoms with Crippen LogP contribution < -0.4 is 5.32 Å². The van der Waals surface area contributed by atoms with Gasteiger partial charge in [0, 0.05) is 9.75 Å². The molecular weight excluding hydrogens is 296 g/mol. The molecule has 0 bridgehead atoms. The Labute approximate surface area is 127 Å². The summed E-state index contributed by atoms with van der Waals surface area (Å²) in [5.74, 6) is 1.07. The first-order valence-corrected chi connectivity index (χ1v) is 8.85. The van der Waals surface area contributed by atoms with Gasteiger partial charge in [-0.05, 0) is 56.6 Å². The van der Waals surface area contributed by atoms with Crippen LogP contribution in [0.4, 0.5) is 0 Å². The fraction of sp³-hybridized carbons (Fsp3) is 0.538. The van der Waals surface area contributed by atoms with Gasteiger partial charge in [0.1, 0.15) is 6.04 Å². The Balaban J connectivity index is 2.11. The van der Waals surface area contributed by atoms with Crippen molar-refractivity contribution in [2.45, 2.75) is 32.4 Å². The molecule has 2 heterocycles. The van der Waals surface area contributed by atoms with Gasteiger partial charge in [-0.25, -0.2) is 0 Å². The molecule has 104 valence electrons. The van der Waals surface area contributed by atoms with Crippen molar-refractivity contribution < 1.29 is 4.79 Å². The Hall–Kier alpha value is -0.590. The van der Waals surface area contributed by atoms with Gasteiger partial charge < -0.3 is 5.32 Å². The minimum Gasteiger partial charge on any atom is -0.350 e. The molecule has 1 saturated heterocycles. The largest absolute Gasteiger partial charge is 0.350 e. The first kappa shape index (κ1) is 14.8. The van der Waals surface area contributed by atoms with Gasteiger partial charge in [0.25, 0.3) is 5.91 Å². The number of hydrogen-bond donors (Lipinski definition) is 1. The summed E-state index contributed by atoms with van der Waals surface area (Å²) in [6.45, 7) is 4.11. The summed E-state index contributed by atoms with van der Waals surface area (Å²) in [4.78, 5) is 16.6. The molecule has 1 fully saturated rings. The van der Waals surface area contributed by atoms with Gasteiger partial charge in [-0.2, -0.15) is 11.8 Å². The molecule has 2 rings (SSSR count). The second-order valence-corrected chi connectivity index (χ2v) is 7.31. The number of carbonyl (C=O) groups is 1. The molecule has 0 aromatic carbocycles. The summed E-state index contributed by atoms with van der Waals surface area (Å²) in [5, 5.41) is 3.71. The smallest absolute Gasteiger partial charge is 0.251 e. The average Bonchev–Trinajstić information content (AvgIpc) is 2.91. The third-order valence-electron chi connectivity index (χ3n) is 3.22. The minimum atomic E-state index is -0.150. The summed E-state index contributed by atoms with van der Waals surface area (Å²) in [5.41, 5.74) is 0. The number of carbonyl (C=O) groups excluding carboxylic acids is 1. The van der Waals surface area contributed by atoms with Gasteiger partial charge in [0.15, 0.2) is 5.11 Å². The predicted molar refractivity (Wildman–Crippen MR) is 86.8 cm³/mol. The molecule has 3 nitrogen and oxygen atoms in total.